The van der Waals surface area contributed by atoms with Crippen molar-refractivity contribution in [1.82, 2.24) is 14.7 Å². The lowest BCUT2D eigenvalue weighted by atomic mass is 10.1. The lowest BCUT2D eigenvalue weighted by Gasteiger charge is -2.13. The number of nitrogens with one attached hydrogen (secondary N) is 1. The third-order valence-corrected chi connectivity index (χ3v) is 3.55. The molecular weight excluding hydrogens is 281 g/mol. The molecule has 0 radical (unpaired) electrons. The van der Waals surface area contributed by atoms with E-state index in [0.29, 0.717) is 5.69 Å². The molecule has 0 spiro atoms. The molecule has 5 heteroatoms. The summed E-state index contributed by atoms with van der Waals surface area (Å²) in [5, 5.41) is 2.87. The van der Waals surface area contributed by atoms with Crippen molar-refractivity contribution in [2.75, 3.05) is 0 Å². The molecular formula is C17H16FN3O. The Balaban J connectivity index is 1.79. The van der Waals surface area contributed by atoms with Gasteiger partial charge in [-0.15, -0.1) is 0 Å². The Labute approximate surface area is 127 Å². The number of aromatic nitrogens is 2. The van der Waals surface area contributed by atoms with Gasteiger partial charge in [0.15, 0.2) is 0 Å². The summed E-state index contributed by atoms with van der Waals surface area (Å²) in [5.41, 5.74) is 3.02. The molecule has 0 aliphatic rings. The van der Waals surface area contributed by atoms with E-state index in [1.54, 1.807) is 18.3 Å². The summed E-state index contributed by atoms with van der Waals surface area (Å²) < 4.78 is 14.8. The highest BCUT2D eigenvalue weighted by atomic mass is 19.1. The average Bonchev–Trinajstić information content (AvgIpc) is 2.91. The van der Waals surface area contributed by atoms with Crippen LogP contribution in [0.25, 0.3) is 5.65 Å². The van der Waals surface area contributed by atoms with Gasteiger partial charge in [0.2, 0.25) is 0 Å². The van der Waals surface area contributed by atoms with Crippen molar-refractivity contribution in [3.05, 3.63) is 71.4 Å². The molecule has 1 amide bonds. The van der Waals surface area contributed by atoms with E-state index >= 15 is 0 Å². The Morgan fingerprint density at radius 2 is 1.91 bits per heavy atom. The minimum absolute atomic E-state index is 0.223. The minimum atomic E-state index is -0.294. The highest BCUT2D eigenvalue weighted by Gasteiger charge is 2.14. The Kier molecular flexibility index (Phi) is 3.63. The molecule has 0 saturated heterocycles. The zero-order chi connectivity index (χ0) is 15.7. The minimum Gasteiger partial charge on any atom is -0.344 e. The van der Waals surface area contributed by atoms with E-state index in [4.69, 9.17) is 0 Å². The second-order valence-electron chi connectivity index (χ2n) is 5.34. The maximum atomic E-state index is 12.9. The van der Waals surface area contributed by atoms with Crippen LogP contribution in [0, 0.1) is 12.7 Å². The number of benzene rings is 1. The fraction of sp³-hybridized carbons (Fsp3) is 0.176. The van der Waals surface area contributed by atoms with Gasteiger partial charge in [0.25, 0.3) is 5.91 Å². The molecule has 0 aliphatic heterocycles. The summed E-state index contributed by atoms with van der Waals surface area (Å²) in [4.78, 5) is 16.6. The summed E-state index contributed by atoms with van der Waals surface area (Å²) in [5.74, 6) is -0.545. The SMILES string of the molecule is Cc1ccc2nc(C(=O)N[C@@H](C)c3ccc(F)cc3)cn2c1. The Hall–Kier alpha value is -2.69. The van der Waals surface area contributed by atoms with Gasteiger partial charge in [-0.05, 0) is 43.2 Å². The van der Waals surface area contributed by atoms with E-state index in [9.17, 15) is 9.18 Å². The first-order valence-electron chi connectivity index (χ1n) is 7.04. The maximum absolute atomic E-state index is 12.9. The first-order valence-corrected chi connectivity index (χ1v) is 7.04. The first kappa shape index (κ1) is 14.3. The fourth-order valence-corrected chi connectivity index (χ4v) is 2.32. The number of rotatable bonds is 3. The predicted octanol–water partition coefficient (Wildman–Crippen LogP) is 3.27. The summed E-state index contributed by atoms with van der Waals surface area (Å²) in [6.45, 7) is 3.83. The largest absolute Gasteiger partial charge is 0.344 e. The van der Waals surface area contributed by atoms with Gasteiger partial charge in [0.1, 0.15) is 17.2 Å². The lowest BCUT2D eigenvalue weighted by Crippen LogP contribution is -2.26. The van der Waals surface area contributed by atoms with E-state index < -0.39 is 0 Å². The number of aryl methyl sites for hydroxylation is 1. The third kappa shape index (κ3) is 2.83. The first-order chi connectivity index (χ1) is 10.5. The molecule has 22 heavy (non-hydrogen) atoms. The smallest absolute Gasteiger partial charge is 0.271 e. The quantitative estimate of drug-likeness (QED) is 0.806. The van der Waals surface area contributed by atoms with Gasteiger partial charge < -0.3 is 9.72 Å². The summed E-state index contributed by atoms with van der Waals surface area (Å²) >= 11 is 0. The van der Waals surface area contributed by atoms with E-state index in [1.165, 1.54) is 12.1 Å². The van der Waals surface area contributed by atoms with Crippen LogP contribution >= 0.6 is 0 Å². The van der Waals surface area contributed by atoms with Crippen LogP contribution in [-0.4, -0.2) is 15.3 Å². The van der Waals surface area contributed by atoms with Crippen molar-refractivity contribution in [3.63, 3.8) is 0 Å². The van der Waals surface area contributed by atoms with E-state index in [0.717, 1.165) is 16.8 Å². The molecule has 1 aromatic carbocycles. The van der Waals surface area contributed by atoms with E-state index in [1.807, 2.05) is 36.6 Å². The van der Waals surface area contributed by atoms with Gasteiger partial charge in [0.05, 0.1) is 6.04 Å². The van der Waals surface area contributed by atoms with Gasteiger partial charge in [-0.3, -0.25) is 4.79 Å². The fourth-order valence-electron chi connectivity index (χ4n) is 2.32. The van der Waals surface area contributed by atoms with Gasteiger partial charge in [-0.25, -0.2) is 9.37 Å². The second-order valence-corrected chi connectivity index (χ2v) is 5.34. The van der Waals surface area contributed by atoms with Crippen molar-refractivity contribution in [3.8, 4) is 0 Å². The molecule has 3 aromatic rings. The second kappa shape index (κ2) is 5.60. The van der Waals surface area contributed by atoms with Crippen LogP contribution < -0.4 is 5.32 Å². The molecule has 0 saturated carbocycles. The van der Waals surface area contributed by atoms with Crippen LogP contribution in [0.15, 0.2) is 48.8 Å². The predicted molar refractivity (Wildman–Crippen MR) is 82.2 cm³/mol. The van der Waals surface area contributed by atoms with Gasteiger partial charge in [-0.1, -0.05) is 18.2 Å². The number of amides is 1. The maximum Gasteiger partial charge on any atom is 0.271 e. The van der Waals surface area contributed by atoms with Crippen LogP contribution in [-0.2, 0) is 0 Å². The summed E-state index contributed by atoms with van der Waals surface area (Å²) in [6.07, 6.45) is 3.62. The highest BCUT2D eigenvalue weighted by molar-refractivity contribution is 5.93. The van der Waals surface area contributed by atoms with Gasteiger partial charge >= 0.3 is 0 Å². The number of hydrogen-bond acceptors (Lipinski definition) is 2. The molecule has 4 nitrogen and oxygen atoms in total. The number of fused-ring (bicyclic) bond motifs is 1. The number of pyridine rings is 1. The zero-order valence-corrected chi connectivity index (χ0v) is 12.4. The number of imidazole rings is 1. The Morgan fingerprint density at radius 1 is 1.18 bits per heavy atom. The molecule has 3 rings (SSSR count). The molecule has 2 aromatic heterocycles. The number of halogens is 1. The van der Waals surface area contributed by atoms with Crippen LogP contribution in [0.3, 0.4) is 0 Å². The van der Waals surface area contributed by atoms with Crippen molar-refractivity contribution in [2.45, 2.75) is 19.9 Å². The molecule has 0 bridgehead atoms. The Bertz CT molecular complexity index is 824. The molecule has 2 heterocycles. The standard InChI is InChI=1S/C17H16FN3O/c1-11-3-8-16-20-15(10-21(16)9-11)17(22)19-12(2)13-4-6-14(18)7-5-13/h3-10,12H,1-2H3,(H,19,22)/t12-/m0/s1. The third-order valence-electron chi connectivity index (χ3n) is 3.55. The highest BCUT2D eigenvalue weighted by Crippen LogP contribution is 2.14. The van der Waals surface area contributed by atoms with Gasteiger partial charge in [0, 0.05) is 12.4 Å². The molecule has 0 aliphatic carbocycles. The van der Waals surface area contributed by atoms with Crippen molar-refractivity contribution >= 4 is 11.6 Å². The van der Waals surface area contributed by atoms with Crippen LogP contribution in [0.2, 0.25) is 0 Å². The Morgan fingerprint density at radius 3 is 2.64 bits per heavy atom. The van der Waals surface area contributed by atoms with Crippen LogP contribution in [0.1, 0.15) is 34.6 Å². The summed E-state index contributed by atoms with van der Waals surface area (Å²) in [7, 11) is 0. The van der Waals surface area contributed by atoms with Gasteiger partial charge in [-0.2, -0.15) is 0 Å². The van der Waals surface area contributed by atoms with Crippen LogP contribution in [0.5, 0.6) is 0 Å². The monoisotopic (exact) mass is 297 g/mol. The van der Waals surface area contributed by atoms with Crippen molar-refractivity contribution < 1.29 is 9.18 Å². The molecule has 112 valence electrons. The number of hydrogen-bond donors (Lipinski definition) is 1. The normalized spacial score (nSPS) is 12.3. The van der Waals surface area contributed by atoms with E-state index in [-0.39, 0.29) is 17.8 Å². The molecule has 1 atom stereocenters. The number of nitrogens with zero attached hydrogens (tertiary/aromatic N) is 2. The van der Waals surface area contributed by atoms with Crippen molar-refractivity contribution in [1.29, 1.82) is 0 Å². The molecule has 1 N–H and O–H groups in total. The topological polar surface area (TPSA) is 46.4 Å². The number of carbonyl (C=O) groups is 1. The molecule has 0 fully saturated rings. The molecule has 0 unspecified atom stereocenters. The van der Waals surface area contributed by atoms with E-state index in [2.05, 4.69) is 10.3 Å². The average molecular weight is 297 g/mol. The van der Waals surface area contributed by atoms with Crippen molar-refractivity contribution in [2.24, 2.45) is 0 Å². The van der Waals surface area contributed by atoms with Crippen LogP contribution in [0.4, 0.5) is 4.39 Å². The zero-order valence-electron chi connectivity index (χ0n) is 12.4. The summed E-state index contributed by atoms with van der Waals surface area (Å²) in [6, 6.07) is 9.68. The number of carbonyl (C=O) groups excluding carboxylic acids is 1. The lowest BCUT2D eigenvalue weighted by molar-refractivity contribution is 0.0935.